The zero-order valence-electron chi connectivity index (χ0n) is 15.5. The predicted molar refractivity (Wildman–Crippen MR) is 105 cm³/mol. The van der Waals surface area contributed by atoms with Crippen molar-refractivity contribution in [2.75, 3.05) is 6.54 Å². The molecule has 0 aromatic heterocycles. The van der Waals surface area contributed by atoms with Crippen LogP contribution in [0.4, 0.5) is 4.79 Å². The summed E-state index contributed by atoms with van der Waals surface area (Å²) in [6.45, 7) is 3.43. The highest BCUT2D eigenvalue weighted by Crippen LogP contribution is 2.25. The molecule has 4 N–H and O–H groups in total. The van der Waals surface area contributed by atoms with Crippen LogP contribution < -0.4 is 16.4 Å². The van der Waals surface area contributed by atoms with E-state index < -0.39 is 0 Å². The van der Waals surface area contributed by atoms with Crippen molar-refractivity contribution in [3.05, 3.63) is 71.3 Å². The Labute approximate surface area is 159 Å². The van der Waals surface area contributed by atoms with E-state index in [1.165, 1.54) is 0 Å². The number of urea groups is 1. The Balaban J connectivity index is 1.51. The Hall–Kier alpha value is -2.86. The fourth-order valence-electron chi connectivity index (χ4n) is 3.40. The molecule has 1 heterocycles. The second-order valence-electron chi connectivity index (χ2n) is 6.88. The van der Waals surface area contributed by atoms with Gasteiger partial charge < -0.3 is 21.3 Å². The van der Waals surface area contributed by atoms with Gasteiger partial charge in [0.05, 0.1) is 12.1 Å². The third-order valence-electron chi connectivity index (χ3n) is 4.92. The van der Waals surface area contributed by atoms with Gasteiger partial charge in [-0.25, -0.2) is 4.79 Å². The first kappa shape index (κ1) is 18.9. The summed E-state index contributed by atoms with van der Waals surface area (Å²) in [7, 11) is 0. The van der Waals surface area contributed by atoms with Gasteiger partial charge in [0, 0.05) is 26.1 Å². The summed E-state index contributed by atoms with van der Waals surface area (Å²) in [5.41, 5.74) is 8.76. The maximum absolute atomic E-state index is 12.4. The minimum atomic E-state index is -0.264. The normalized spacial score (nSPS) is 17.6. The molecule has 6 nitrogen and oxygen atoms in total. The number of hydrogen-bond acceptors (Lipinski definition) is 3. The van der Waals surface area contributed by atoms with Crippen LogP contribution in [0.2, 0.25) is 0 Å². The first-order valence-corrected chi connectivity index (χ1v) is 9.23. The fourth-order valence-corrected chi connectivity index (χ4v) is 3.40. The highest BCUT2D eigenvalue weighted by molar-refractivity contribution is 5.82. The molecule has 2 atom stereocenters. The lowest BCUT2D eigenvalue weighted by Crippen LogP contribution is -2.43. The summed E-state index contributed by atoms with van der Waals surface area (Å²) >= 11 is 0. The molecule has 0 saturated carbocycles. The number of nitrogens with zero attached hydrogens (tertiary/aromatic N) is 1. The van der Waals surface area contributed by atoms with Gasteiger partial charge >= 0.3 is 6.03 Å². The molecule has 27 heavy (non-hydrogen) atoms. The monoisotopic (exact) mass is 366 g/mol. The zero-order chi connectivity index (χ0) is 19.2. The van der Waals surface area contributed by atoms with Gasteiger partial charge in [0.1, 0.15) is 0 Å². The summed E-state index contributed by atoms with van der Waals surface area (Å²) in [5.74, 6) is 0.0623. The van der Waals surface area contributed by atoms with E-state index >= 15 is 0 Å². The topological polar surface area (TPSA) is 87.5 Å². The SMILES string of the molecule is CC(c1ccccc1)N1CC(NC(=O)NCc2cccc(CN)c2)CC1=O. The molecule has 3 amide bonds. The van der Waals surface area contributed by atoms with Crippen molar-refractivity contribution in [1.82, 2.24) is 15.5 Å². The number of carbonyl (C=O) groups excluding carboxylic acids is 2. The molecule has 2 unspecified atom stereocenters. The van der Waals surface area contributed by atoms with Crippen molar-refractivity contribution in [3.63, 3.8) is 0 Å². The molecule has 1 aliphatic heterocycles. The van der Waals surface area contributed by atoms with Crippen molar-refractivity contribution >= 4 is 11.9 Å². The first-order valence-electron chi connectivity index (χ1n) is 9.23. The van der Waals surface area contributed by atoms with E-state index in [1.807, 2.05) is 66.4 Å². The molecule has 1 fully saturated rings. The van der Waals surface area contributed by atoms with Gasteiger partial charge in [-0.3, -0.25) is 4.79 Å². The number of hydrogen-bond donors (Lipinski definition) is 3. The molecule has 6 heteroatoms. The largest absolute Gasteiger partial charge is 0.334 e. The quantitative estimate of drug-likeness (QED) is 0.733. The Morgan fingerprint density at radius 2 is 1.93 bits per heavy atom. The number of nitrogens with one attached hydrogen (secondary N) is 2. The van der Waals surface area contributed by atoms with Gasteiger partial charge in [-0.2, -0.15) is 0 Å². The van der Waals surface area contributed by atoms with E-state index in [4.69, 9.17) is 5.73 Å². The number of amides is 3. The van der Waals surface area contributed by atoms with Crippen molar-refractivity contribution in [1.29, 1.82) is 0 Å². The second kappa shape index (κ2) is 8.68. The van der Waals surface area contributed by atoms with Crippen LogP contribution in [0.3, 0.4) is 0 Å². The van der Waals surface area contributed by atoms with Crippen LogP contribution in [0, 0.1) is 0 Å². The Kier molecular flexibility index (Phi) is 6.08. The molecule has 2 aromatic rings. The van der Waals surface area contributed by atoms with Gasteiger partial charge in [-0.15, -0.1) is 0 Å². The maximum Gasteiger partial charge on any atom is 0.315 e. The Bertz CT molecular complexity index is 794. The van der Waals surface area contributed by atoms with Crippen LogP contribution in [0.1, 0.15) is 36.1 Å². The summed E-state index contributed by atoms with van der Waals surface area (Å²) in [6.07, 6.45) is 0.327. The van der Waals surface area contributed by atoms with Gasteiger partial charge in [0.25, 0.3) is 0 Å². The van der Waals surface area contributed by atoms with Crippen molar-refractivity contribution in [3.8, 4) is 0 Å². The molecule has 2 aromatic carbocycles. The van der Waals surface area contributed by atoms with Gasteiger partial charge in [0.15, 0.2) is 0 Å². The summed E-state index contributed by atoms with van der Waals surface area (Å²) < 4.78 is 0. The predicted octanol–water partition coefficient (Wildman–Crippen LogP) is 2.31. The van der Waals surface area contributed by atoms with Crippen LogP contribution >= 0.6 is 0 Å². The number of rotatable bonds is 6. The number of likely N-dealkylation sites (tertiary alicyclic amines) is 1. The summed E-state index contributed by atoms with van der Waals surface area (Å²) in [6, 6.07) is 17.3. The smallest absolute Gasteiger partial charge is 0.315 e. The second-order valence-corrected chi connectivity index (χ2v) is 6.88. The van der Waals surface area contributed by atoms with Crippen molar-refractivity contribution in [2.45, 2.75) is 38.5 Å². The standard InChI is InChI=1S/C21H26N4O2/c1-15(18-8-3-2-4-9-18)25-14-19(11-20(25)26)24-21(27)23-13-17-7-5-6-16(10-17)12-22/h2-10,15,19H,11-14,22H2,1H3,(H2,23,24,27). The lowest BCUT2D eigenvalue weighted by molar-refractivity contribution is -0.129. The van der Waals surface area contributed by atoms with Crippen molar-refractivity contribution in [2.24, 2.45) is 5.73 Å². The van der Waals surface area contributed by atoms with E-state index in [0.717, 1.165) is 16.7 Å². The average molecular weight is 366 g/mol. The zero-order valence-corrected chi connectivity index (χ0v) is 15.5. The Morgan fingerprint density at radius 3 is 2.67 bits per heavy atom. The number of benzene rings is 2. The lowest BCUT2D eigenvalue weighted by Gasteiger charge is -2.25. The molecule has 1 aliphatic rings. The number of carbonyl (C=O) groups is 2. The average Bonchev–Trinajstić information content (AvgIpc) is 3.06. The Morgan fingerprint density at radius 1 is 1.19 bits per heavy atom. The fraction of sp³-hybridized carbons (Fsp3) is 0.333. The third kappa shape index (κ3) is 4.86. The maximum atomic E-state index is 12.4. The highest BCUT2D eigenvalue weighted by atomic mass is 16.2. The first-order chi connectivity index (χ1) is 13.1. The van der Waals surface area contributed by atoms with Crippen LogP contribution in [-0.4, -0.2) is 29.4 Å². The summed E-state index contributed by atoms with van der Waals surface area (Å²) in [4.78, 5) is 26.4. The molecular formula is C21H26N4O2. The van der Waals surface area contributed by atoms with Crippen LogP contribution in [0.5, 0.6) is 0 Å². The lowest BCUT2D eigenvalue weighted by atomic mass is 10.1. The van der Waals surface area contributed by atoms with Crippen LogP contribution in [0.15, 0.2) is 54.6 Å². The van der Waals surface area contributed by atoms with E-state index in [9.17, 15) is 9.59 Å². The van der Waals surface area contributed by atoms with E-state index in [0.29, 0.717) is 26.1 Å². The van der Waals surface area contributed by atoms with Crippen LogP contribution in [-0.2, 0) is 17.9 Å². The van der Waals surface area contributed by atoms with Gasteiger partial charge in [-0.05, 0) is 23.6 Å². The van der Waals surface area contributed by atoms with Crippen LogP contribution in [0.25, 0.3) is 0 Å². The highest BCUT2D eigenvalue weighted by Gasteiger charge is 2.33. The molecule has 3 rings (SSSR count). The minimum Gasteiger partial charge on any atom is -0.334 e. The molecular weight excluding hydrogens is 340 g/mol. The van der Waals surface area contributed by atoms with Crippen molar-refractivity contribution < 1.29 is 9.59 Å². The molecule has 0 bridgehead atoms. The molecule has 0 aliphatic carbocycles. The molecule has 142 valence electrons. The molecule has 1 saturated heterocycles. The van der Waals surface area contributed by atoms with E-state index in [-0.39, 0.29) is 24.0 Å². The third-order valence-corrected chi connectivity index (χ3v) is 4.92. The van der Waals surface area contributed by atoms with Gasteiger partial charge in [-0.1, -0.05) is 54.6 Å². The van der Waals surface area contributed by atoms with E-state index in [2.05, 4.69) is 10.6 Å². The molecule has 0 spiro atoms. The minimum absolute atomic E-state index is 0.00689. The number of nitrogens with two attached hydrogens (primary N) is 1. The van der Waals surface area contributed by atoms with Gasteiger partial charge in [0.2, 0.25) is 5.91 Å². The molecule has 0 radical (unpaired) electrons. The van der Waals surface area contributed by atoms with E-state index in [1.54, 1.807) is 0 Å². The summed E-state index contributed by atoms with van der Waals surface area (Å²) in [5, 5.41) is 5.75.